The Morgan fingerprint density at radius 3 is 2.71 bits per heavy atom. The Morgan fingerprint density at radius 1 is 1.43 bits per heavy atom. The molecule has 1 aliphatic carbocycles. The number of hydrogen-bond donors (Lipinski definition) is 2. The van der Waals surface area contributed by atoms with E-state index in [-0.39, 0.29) is 11.9 Å². The summed E-state index contributed by atoms with van der Waals surface area (Å²) in [5.41, 5.74) is 5.22. The minimum atomic E-state index is -0.496. The van der Waals surface area contributed by atoms with E-state index in [4.69, 9.17) is 5.73 Å². The first-order valence-corrected chi connectivity index (χ1v) is 8.40. The van der Waals surface area contributed by atoms with Gasteiger partial charge in [0.05, 0.1) is 5.54 Å². The number of rotatable bonds is 5. The van der Waals surface area contributed by atoms with Gasteiger partial charge >= 0.3 is 0 Å². The Bertz CT molecular complexity index is 373. The normalized spacial score (nSPS) is 35.5. The lowest BCUT2D eigenvalue weighted by atomic mass is 9.94. The minimum absolute atomic E-state index is 0.181. The van der Waals surface area contributed by atoms with Crippen molar-refractivity contribution in [2.75, 3.05) is 26.7 Å². The molecule has 2 fully saturated rings. The molecule has 1 saturated carbocycles. The molecule has 1 aliphatic heterocycles. The van der Waals surface area contributed by atoms with Crippen LogP contribution in [0.4, 0.5) is 0 Å². The monoisotopic (exact) mass is 296 g/mol. The quantitative estimate of drug-likeness (QED) is 0.787. The maximum atomic E-state index is 12.0. The molecule has 3 atom stereocenters. The summed E-state index contributed by atoms with van der Waals surface area (Å²) in [6, 6.07) is 1.42. The molecule has 2 aliphatic rings. The first kappa shape index (κ1) is 16.7. The van der Waals surface area contributed by atoms with Crippen molar-refractivity contribution in [1.82, 2.24) is 15.1 Å². The van der Waals surface area contributed by atoms with E-state index in [1.807, 2.05) is 0 Å². The van der Waals surface area contributed by atoms with Crippen LogP contribution < -0.4 is 11.1 Å². The summed E-state index contributed by atoms with van der Waals surface area (Å²) < 4.78 is 0. The van der Waals surface area contributed by atoms with Crippen LogP contribution in [0.1, 0.15) is 46.5 Å². The number of primary amides is 1. The molecule has 0 bridgehead atoms. The largest absolute Gasteiger partial charge is 0.368 e. The standard InChI is InChI=1S/C16H32N4O/c1-5-13-11-20(9-8-19(13)4)14-6-7-16(10-14,15(17)21)18-12(2)3/h12-14,18H,5-11H2,1-4H3,(H2,17,21). The summed E-state index contributed by atoms with van der Waals surface area (Å²) >= 11 is 0. The van der Waals surface area contributed by atoms with Crippen LogP contribution in [-0.4, -0.2) is 66.1 Å². The highest BCUT2D eigenvalue weighted by molar-refractivity contribution is 5.85. The lowest BCUT2D eigenvalue weighted by Gasteiger charge is -2.42. The van der Waals surface area contributed by atoms with Crippen LogP contribution in [0.15, 0.2) is 0 Å². The fourth-order valence-electron chi connectivity index (χ4n) is 4.05. The van der Waals surface area contributed by atoms with Gasteiger partial charge in [0.25, 0.3) is 0 Å². The van der Waals surface area contributed by atoms with Gasteiger partial charge in [-0.3, -0.25) is 9.69 Å². The number of carbonyl (C=O) groups is 1. The third-order valence-corrected chi connectivity index (χ3v) is 5.32. The molecule has 122 valence electrons. The molecule has 0 spiro atoms. The summed E-state index contributed by atoms with van der Waals surface area (Å²) in [7, 11) is 2.22. The lowest BCUT2D eigenvalue weighted by Crippen LogP contribution is -2.58. The molecule has 0 aromatic heterocycles. The van der Waals surface area contributed by atoms with Crippen molar-refractivity contribution in [2.45, 2.75) is 70.1 Å². The Kier molecular flexibility index (Phi) is 5.28. The van der Waals surface area contributed by atoms with Gasteiger partial charge in [-0.2, -0.15) is 0 Å². The topological polar surface area (TPSA) is 61.6 Å². The predicted molar refractivity (Wildman–Crippen MR) is 86.1 cm³/mol. The molecule has 1 heterocycles. The van der Waals surface area contributed by atoms with Crippen molar-refractivity contribution in [2.24, 2.45) is 5.73 Å². The molecule has 0 aromatic rings. The number of nitrogens with one attached hydrogen (secondary N) is 1. The number of nitrogens with two attached hydrogens (primary N) is 1. The van der Waals surface area contributed by atoms with Crippen molar-refractivity contribution < 1.29 is 4.79 Å². The Morgan fingerprint density at radius 2 is 2.14 bits per heavy atom. The third kappa shape index (κ3) is 3.58. The smallest absolute Gasteiger partial charge is 0.237 e. The molecule has 2 rings (SSSR count). The highest BCUT2D eigenvalue weighted by Gasteiger charge is 2.46. The number of likely N-dealkylation sites (N-methyl/N-ethyl adjacent to an activating group) is 1. The zero-order valence-electron chi connectivity index (χ0n) is 14.1. The van der Waals surface area contributed by atoms with E-state index < -0.39 is 5.54 Å². The summed E-state index contributed by atoms with van der Waals surface area (Å²) in [6.45, 7) is 9.77. The van der Waals surface area contributed by atoms with Gasteiger partial charge < -0.3 is 16.0 Å². The van der Waals surface area contributed by atoms with Crippen molar-refractivity contribution >= 4 is 5.91 Å². The summed E-state index contributed by atoms with van der Waals surface area (Å²) in [4.78, 5) is 17.0. The summed E-state index contributed by atoms with van der Waals surface area (Å²) in [6.07, 6.45) is 3.99. The van der Waals surface area contributed by atoms with Gasteiger partial charge in [-0.1, -0.05) is 6.92 Å². The second-order valence-corrected chi connectivity index (χ2v) is 7.18. The van der Waals surface area contributed by atoms with Crippen molar-refractivity contribution in [3.63, 3.8) is 0 Å². The zero-order chi connectivity index (χ0) is 15.6. The van der Waals surface area contributed by atoms with E-state index in [2.05, 4.69) is 42.9 Å². The Hall–Kier alpha value is -0.650. The molecule has 5 heteroatoms. The first-order chi connectivity index (χ1) is 9.88. The van der Waals surface area contributed by atoms with Gasteiger partial charge in [0, 0.05) is 37.8 Å². The van der Waals surface area contributed by atoms with Gasteiger partial charge in [0.1, 0.15) is 0 Å². The fourth-order valence-corrected chi connectivity index (χ4v) is 4.05. The molecular weight excluding hydrogens is 264 g/mol. The van der Waals surface area contributed by atoms with E-state index in [0.717, 1.165) is 38.9 Å². The zero-order valence-corrected chi connectivity index (χ0v) is 14.1. The molecular formula is C16H32N4O. The second kappa shape index (κ2) is 6.63. The van der Waals surface area contributed by atoms with Gasteiger partial charge in [0.15, 0.2) is 0 Å². The van der Waals surface area contributed by atoms with Crippen molar-refractivity contribution in [3.8, 4) is 0 Å². The van der Waals surface area contributed by atoms with Crippen molar-refractivity contribution in [1.29, 1.82) is 0 Å². The van der Waals surface area contributed by atoms with Crippen LogP contribution in [0, 0.1) is 0 Å². The number of piperazine rings is 1. The highest BCUT2D eigenvalue weighted by atomic mass is 16.1. The van der Waals surface area contributed by atoms with E-state index >= 15 is 0 Å². The van der Waals surface area contributed by atoms with E-state index in [0.29, 0.717) is 12.1 Å². The van der Waals surface area contributed by atoms with Gasteiger partial charge in [-0.15, -0.1) is 0 Å². The molecule has 21 heavy (non-hydrogen) atoms. The maximum Gasteiger partial charge on any atom is 0.237 e. The number of nitrogens with zero attached hydrogens (tertiary/aromatic N) is 2. The van der Waals surface area contributed by atoms with Gasteiger partial charge in [-0.25, -0.2) is 0 Å². The lowest BCUT2D eigenvalue weighted by molar-refractivity contribution is -0.124. The minimum Gasteiger partial charge on any atom is -0.368 e. The van der Waals surface area contributed by atoms with E-state index in [9.17, 15) is 4.79 Å². The van der Waals surface area contributed by atoms with Crippen LogP contribution in [0.25, 0.3) is 0 Å². The van der Waals surface area contributed by atoms with Crippen LogP contribution >= 0.6 is 0 Å². The average Bonchev–Trinajstić information content (AvgIpc) is 2.84. The molecule has 0 radical (unpaired) electrons. The average molecular weight is 296 g/mol. The maximum absolute atomic E-state index is 12.0. The van der Waals surface area contributed by atoms with Gasteiger partial charge in [-0.05, 0) is 46.6 Å². The third-order valence-electron chi connectivity index (χ3n) is 5.32. The molecule has 1 saturated heterocycles. The predicted octanol–water partition coefficient (Wildman–Crippen LogP) is 0.787. The molecule has 1 amide bonds. The van der Waals surface area contributed by atoms with E-state index in [1.54, 1.807) is 0 Å². The number of hydrogen-bond acceptors (Lipinski definition) is 4. The van der Waals surface area contributed by atoms with E-state index in [1.165, 1.54) is 6.42 Å². The highest BCUT2D eigenvalue weighted by Crippen LogP contribution is 2.34. The number of carbonyl (C=O) groups excluding carboxylic acids is 1. The molecule has 3 N–H and O–H groups in total. The van der Waals surface area contributed by atoms with Crippen LogP contribution in [-0.2, 0) is 4.79 Å². The summed E-state index contributed by atoms with van der Waals surface area (Å²) in [5.74, 6) is -0.181. The molecule has 0 aromatic carbocycles. The molecule has 5 nitrogen and oxygen atoms in total. The Balaban J connectivity index is 2.02. The second-order valence-electron chi connectivity index (χ2n) is 7.18. The fraction of sp³-hybridized carbons (Fsp3) is 0.938. The SMILES string of the molecule is CCC1CN(C2CCC(NC(C)C)(C(N)=O)C2)CCN1C. The first-order valence-electron chi connectivity index (χ1n) is 8.40. The molecule has 3 unspecified atom stereocenters. The summed E-state index contributed by atoms with van der Waals surface area (Å²) in [5, 5.41) is 3.45. The van der Waals surface area contributed by atoms with Crippen LogP contribution in [0.2, 0.25) is 0 Å². The van der Waals surface area contributed by atoms with Crippen molar-refractivity contribution in [3.05, 3.63) is 0 Å². The van der Waals surface area contributed by atoms with Crippen LogP contribution in [0.5, 0.6) is 0 Å². The van der Waals surface area contributed by atoms with Crippen LogP contribution in [0.3, 0.4) is 0 Å². The Labute approximate surface area is 129 Å². The number of amides is 1. The van der Waals surface area contributed by atoms with Gasteiger partial charge in [0.2, 0.25) is 5.91 Å².